The van der Waals surface area contributed by atoms with E-state index in [4.69, 9.17) is 0 Å². The third-order valence-electron chi connectivity index (χ3n) is 5.15. The molecule has 0 unspecified atom stereocenters. The number of aryl methyl sites for hydroxylation is 1. The van der Waals surface area contributed by atoms with E-state index in [0.29, 0.717) is 5.91 Å². The monoisotopic (exact) mass is 355 g/mol. The summed E-state index contributed by atoms with van der Waals surface area (Å²) in [5, 5.41) is 13.0. The fraction of sp³-hybridized carbons (Fsp3) is 0.556. The quantitative estimate of drug-likeness (QED) is 0.787. The second kappa shape index (κ2) is 7.41. The van der Waals surface area contributed by atoms with Gasteiger partial charge in [-0.05, 0) is 31.5 Å². The van der Waals surface area contributed by atoms with Crippen LogP contribution < -0.4 is 4.90 Å². The van der Waals surface area contributed by atoms with Crippen LogP contribution in [0.4, 0.5) is 5.82 Å². The van der Waals surface area contributed by atoms with Crippen LogP contribution in [0.1, 0.15) is 18.5 Å². The van der Waals surface area contributed by atoms with Crippen LogP contribution >= 0.6 is 0 Å². The van der Waals surface area contributed by atoms with E-state index in [1.54, 1.807) is 4.68 Å². The molecule has 0 aromatic carbocycles. The Kier molecular flexibility index (Phi) is 4.83. The van der Waals surface area contributed by atoms with Gasteiger partial charge in [-0.1, -0.05) is 0 Å². The highest BCUT2D eigenvalue weighted by Crippen LogP contribution is 2.15. The van der Waals surface area contributed by atoms with E-state index in [-0.39, 0.29) is 0 Å². The zero-order valence-corrected chi connectivity index (χ0v) is 15.2. The molecule has 4 rings (SSSR count). The topological polar surface area (TPSA) is 70.4 Å². The number of piperazine rings is 1. The van der Waals surface area contributed by atoms with Gasteiger partial charge in [0.05, 0.1) is 5.69 Å². The Balaban J connectivity index is 1.28. The number of anilines is 1. The zero-order valence-electron chi connectivity index (χ0n) is 15.2. The molecule has 0 bridgehead atoms. The Morgan fingerprint density at radius 2 is 1.73 bits per heavy atom. The van der Waals surface area contributed by atoms with Gasteiger partial charge in [0, 0.05) is 58.4 Å². The van der Waals surface area contributed by atoms with Crippen LogP contribution in [0.15, 0.2) is 24.4 Å². The molecule has 1 amide bonds. The summed E-state index contributed by atoms with van der Waals surface area (Å²) < 4.78 is 1.74. The van der Waals surface area contributed by atoms with Crippen LogP contribution in [0.5, 0.6) is 0 Å². The lowest BCUT2D eigenvalue weighted by Gasteiger charge is -2.35. The van der Waals surface area contributed by atoms with E-state index in [1.165, 1.54) is 0 Å². The van der Waals surface area contributed by atoms with E-state index in [9.17, 15) is 4.79 Å². The van der Waals surface area contributed by atoms with Crippen LogP contribution in [0.3, 0.4) is 0 Å². The number of likely N-dealkylation sites (tertiary alicyclic amines) is 1. The van der Waals surface area contributed by atoms with Crippen molar-refractivity contribution in [1.29, 1.82) is 0 Å². The third kappa shape index (κ3) is 3.70. The molecule has 8 nitrogen and oxygen atoms in total. The Labute approximate surface area is 153 Å². The van der Waals surface area contributed by atoms with Crippen LogP contribution in [0, 0.1) is 6.92 Å². The molecule has 4 heterocycles. The minimum absolute atomic E-state index is 0.311. The maximum Gasteiger partial charge on any atom is 0.222 e. The molecule has 2 aliphatic heterocycles. The number of hydrogen-bond donors (Lipinski definition) is 0. The fourth-order valence-electron chi connectivity index (χ4n) is 3.55. The van der Waals surface area contributed by atoms with E-state index >= 15 is 0 Å². The summed E-state index contributed by atoms with van der Waals surface area (Å²) in [6, 6.07) is 5.92. The van der Waals surface area contributed by atoms with E-state index in [1.807, 2.05) is 36.2 Å². The first-order valence-electron chi connectivity index (χ1n) is 9.30. The first-order chi connectivity index (χ1) is 12.7. The molecule has 0 saturated carbocycles. The van der Waals surface area contributed by atoms with Gasteiger partial charge in [-0.15, -0.1) is 10.2 Å². The van der Waals surface area contributed by atoms with Gasteiger partial charge in [-0.3, -0.25) is 9.69 Å². The molecular weight excluding hydrogens is 330 g/mol. The average Bonchev–Trinajstić information content (AvgIpc) is 3.29. The molecule has 2 aromatic heterocycles. The zero-order chi connectivity index (χ0) is 17.9. The lowest BCUT2D eigenvalue weighted by Crippen LogP contribution is -2.48. The Hall–Kier alpha value is -2.48. The summed E-state index contributed by atoms with van der Waals surface area (Å²) in [6.07, 6.45) is 3.63. The Morgan fingerprint density at radius 1 is 0.962 bits per heavy atom. The molecule has 2 aliphatic rings. The van der Waals surface area contributed by atoms with Gasteiger partial charge in [-0.2, -0.15) is 5.10 Å². The SMILES string of the molecule is Cc1ccn(-c2ccc(N3CCN(CCN4CCCC4=O)CC3)nn2)n1. The minimum Gasteiger partial charge on any atom is -0.353 e. The van der Waals surface area contributed by atoms with Crippen LogP contribution in [0.2, 0.25) is 0 Å². The highest BCUT2D eigenvalue weighted by molar-refractivity contribution is 5.78. The Bertz CT molecular complexity index is 749. The van der Waals surface area contributed by atoms with Crippen molar-refractivity contribution in [3.63, 3.8) is 0 Å². The van der Waals surface area contributed by atoms with Crippen LogP contribution in [-0.4, -0.2) is 81.5 Å². The number of nitrogens with zero attached hydrogens (tertiary/aromatic N) is 7. The van der Waals surface area contributed by atoms with Crippen molar-refractivity contribution in [1.82, 2.24) is 29.8 Å². The molecule has 2 saturated heterocycles. The second-order valence-corrected chi connectivity index (χ2v) is 6.96. The predicted octanol–water partition coefficient (Wildman–Crippen LogP) is 0.715. The van der Waals surface area contributed by atoms with Gasteiger partial charge in [0.1, 0.15) is 0 Å². The van der Waals surface area contributed by atoms with Gasteiger partial charge in [0.25, 0.3) is 0 Å². The summed E-state index contributed by atoms with van der Waals surface area (Å²) in [6.45, 7) is 8.55. The molecule has 0 aliphatic carbocycles. The summed E-state index contributed by atoms with van der Waals surface area (Å²) in [5.41, 5.74) is 0.961. The largest absolute Gasteiger partial charge is 0.353 e. The number of hydrogen-bond acceptors (Lipinski definition) is 6. The summed E-state index contributed by atoms with van der Waals surface area (Å²) in [7, 11) is 0. The summed E-state index contributed by atoms with van der Waals surface area (Å²) >= 11 is 0. The molecule has 2 aromatic rings. The van der Waals surface area contributed by atoms with Crippen LogP contribution in [-0.2, 0) is 4.79 Å². The minimum atomic E-state index is 0.311. The average molecular weight is 355 g/mol. The fourth-order valence-corrected chi connectivity index (χ4v) is 3.55. The summed E-state index contributed by atoms with van der Waals surface area (Å²) in [5.74, 6) is 1.95. The molecule has 2 fully saturated rings. The number of rotatable bonds is 5. The number of amides is 1. The van der Waals surface area contributed by atoms with Crippen molar-refractivity contribution in [2.45, 2.75) is 19.8 Å². The van der Waals surface area contributed by atoms with Crippen LogP contribution in [0.25, 0.3) is 5.82 Å². The molecule has 8 heteroatoms. The van der Waals surface area contributed by atoms with Crippen molar-refractivity contribution in [2.24, 2.45) is 0 Å². The van der Waals surface area contributed by atoms with Crippen molar-refractivity contribution >= 4 is 11.7 Å². The molecule has 0 radical (unpaired) electrons. The van der Waals surface area contributed by atoms with Gasteiger partial charge in [0.15, 0.2) is 11.6 Å². The Morgan fingerprint density at radius 3 is 2.35 bits per heavy atom. The van der Waals surface area contributed by atoms with Gasteiger partial charge < -0.3 is 9.80 Å². The van der Waals surface area contributed by atoms with Gasteiger partial charge >= 0.3 is 0 Å². The van der Waals surface area contributed by atoms with Crippen molar-refractivity contribution < 1.29 is 4.79 Å². The standard InChI is InChI=1S/C18H25N7O/c1-15-6-8-25(21-15)17-5-4-16(19-20-17)23-12-9-22(10-13-23)11-14-24-7-2-3-18(24)26/h4-6,8H,2-3,7,9-14H2,1H3. The second-order valence-electron chi connectivity index (χ2n) is 6.96. The smallest absolute Gasteiger partial charge is 0.222 e. The molecular formula is C18H25N7O. The van der Waals surface area contributed by atoms with E-state index in [0.717, 1.165) is 76.0 Å². The molecule has 26 heavy (non-hydrogen) atoms. The first kappa shape index (κ1) is 17.0. The highest BCUT2D eigenvalue weighted by Gasteiger charge is 2.22. The third-order valence-corrected chi connectivity index (χ3v) is 5.15. The first-order valence-corrected chi connectivity index (χ1v) is 9.30. The number of carbonyl (C=O) groups is 1. The van der Waals surface area contributed by atoms with Gasteiger partial charge in [0.2, 0.25) is 5.91 Å². The molecule has 0 spiro atoms. The van der Waals surface area contributed by atoms with E-state index in [2.05, 4.69) is 25.1 Å². The van der Waals surface area contributed by atoms with Gasteiger partial charge in [-0.25, -0.2) is 4.68 Å². The van der Waals surface area contributed by atoms with Crippen molar-refractivity contribution in [2.75, 3.05) is 50.7 Å². The molecule has 138 valence electrons. The maximum absolute atomic E-state index is 11.7. The normalized spacial score (nSPS) is 18.7. The summed E-state index contributed by atoms with van der Waals surface area (Å²) in [4.78, 5) is 18.4. The molecule has 0 N–H and O–H groups in total. The highest BCUT2D eigenvalue weighted by atomic mass is 16.2. The van der Waals surface area contributed by atoms with Crippen molar-refractivity contribution in [3.05, 3.63) is 30.1 Å². The maximum atomic E-state index is 11.7. The van der Waals surface area contributed by atoms with Crippen molar-refractivity contribution in [3.8, 4) is 5.82 Å². The lowest BCUT2D eigenvalue weighted by molar-refractivity contribution is -0.127. The lowest BCUT2D eigenvalue weighted by atomic mass is 10.3. The predicted molar refractivity (Wildman–Crippen MR) is 98.4 cm³/mol. The van der Waals surface area contributed by atoms with E-state index < -0.39 is 0 Å². The number of aromatic nitrogens is 4. The number of carbonyl (C=O) groups excluding carboxylic acids is 1. The molecule has 0 atom stereocenters.